The van der Waals surface area contributed by atoms with E-state index in [1.165, 1.54) is 11.8 Å². The van der Waals surface area contributed by atoms with Crippen LogP contribution in [0.2, 0.25) is 0 Å². The molecule has 0 bridgehead atoms. The van der Waals surface area contributed by atoms with E-state index >= 15 is 0 Å². The minimum absolute atomic E-state index is 0.139. The Hall–Kier alpha value is -1.85. The van der Waals surface area contributed by atoms with Gasteiger partial charge in [0.1, 0.15) is 0 Å². The Morgan fingerprint density at radius 1 is 1.16 bits per heavy atom. The van der Waals surface area contributed by atoms with Gasteiger partial charge in [0.2, 0.25) is 0 Å². The molecule has 98 valence electrons. The van der Waals surface area contributed by atoms with Crippen LogP contribution in [0.1, 0.15) is 5.56 Å². The van der Waals surface area contributed by atoms with Gasteiger partial charge in [0.05, 0.1) is 9.82 Å². The van der Waals surface area contributed by atoms with Crippen LogP contribution in [0.4, 0.5) is 5.69 Å². The number of nitrogens with zero attached hydrogens (tertiary/aromatic N) is 1. The van der Waals surface area contributed by atoms with E-state index < -0.39 is 0 Å². The van der Waals surface area contributed by atoms with Gasteiger partial charge in [-0.15, -0.1) is 0 Å². The molecule has 0 aromatic heterocycles. The first-order valence-electron chi connectivity index (χ1n) is 5.91. The predicted molar refractivity (Wildman–Crippen MR) is 76.4 cm³/mol. The normalized spacial score (nSPS) is 10.4. The Kier molecular flexibility index (Phi) is 4.54. The number of benzene rings is 2. The molecular formula is C14H14N2O2S. The van der Waals surface area contributed by atoms with Crippen molar-refractivity contribution in [1.29, 1.82) is 0 Å². The maximum atomic E-state index is 11.1. The number of nitro benzene ring substituents is 1. The minimum Gasteiger partial charge on any atom is -0.330 e. The molecule has 0 radical (unpaired) electrons. The molecular weight excluding hydrogens is 260 g/mol. The van der Waals surface area contributed by atoms with Gasteiger partial charge in [-0.1, -0.05) is 36.0 Å². The lowest BCUT2D eigenvalue weighted by atomic mass is 10.1. The van der Waals surface area contributed by atoms with Crippen LogP contribution in [0.3, 0.4) is 0 Å². The van der Waals surface area contributed by atoms with Crippen molar-refractivity contribution in [2.24, 2.45) is 5.73 Å². The van der Waals surface area contributed by atoms with Crippen LogP contribution in [0.5, 0.6) is 0 Å². The lowest BCUT2D eigenvalue weighted by molar-refractivity contribution is -0.387. The largest absolute Gasteiger partial charge is 0.330 e. The molecule has 0 saturated carbocycles. The molecule has 2 rings (SSSR count). The number of hydrogen-bond donors (Lipinski definition) is 1. The van der Waals surface area contributed by atoms with Crippen molar-refractivity contribution in [3.05, 3.63) is 64.2 Å². The SMILES string of the molecule is NCCc1ccc(Sc2ccccc2)c([N+](=O)[O-])c1. The molecule has 0 aliphatic carbocycles. The van der Waals surface area contributed by atoms with Crippen LogP contribution in [-0.2, 0) is 6.42 Å². The molecule has 2 aromatic carbocycles. The molecule has 0 aliphatic rings. The summed E-state index contributed by atoms with van der Waals surface area (Å²) in [5.74, 6) is 0. The van der Waals surface area contributed by atoms with Crippen LogP contribution in [0.25, 0.3) is 0 Å². The zero-order valence-corrected chi connectivity index (χ0v) is 11.1. The van der Waals surface area contributed by atoms with Gasteiger partial charge < -0.3 is 5.73 Å². The van der Waals surface area contributed by atoms with E-state index in [9.17, 15) is 10.1 Å². The van der Waals surface area contributed by atoms with E-state index in [4.69, 9.17) is 5.73 Å². The first-order chi connectivity index (χ1) is 9.20. The Bertz CT molecular complexity index is 573. The molecule has 0 heterocycles. The zero-order chi connectivity index (χ0) is 13.7. The summed E-state index contributed by atoms with van der Waals surface area (Å²) in [5.41, 5.74) is 6.51. The van der Waals surface area contributed by atoms with Gasteiger partial charge in [-0.2, -0.15) is 0 Å². The van der Waals surface area contributed by atoms with E-state index in [0.29, 0.717) is 17.9 Å². The Morgan fingerprint density at radius 3 is 2.53 bits per heavy atom. The van der Waals surface area contributed by atoms with E-state index in [2.05, 4.69) is 0 Å². The maximum Gasteiger partial charge on any atom is 0.283 e. The lowest BCUT2D eigenvalue weighted by Gasteiger charge is -2.05. The Morgan fingerprint density at radius 2 is 1.89 bits per heavy atom. The standard InChI is InChI=1S/C14H14N2O2S/c15-9-8-11-6-7-14(13(10-11)16(17)18)19-12-4-2-1-3-5-12/h1-7,10H,8-9,15H2. The van der Waals surface area contributed by atoms with Crippen LogP contribution < -0.4 is 5.73 Å². The van der Waals surface area contributed by atoms with Crippen LogP contribution in [-0.4, -0.2) is 11.5 Å². The summed E-state index contributed by atoms with van der Waals surface area (Å²) < 4.78 is 0. The first kappa shape index (κ1) is 13.6. The van der Waals surface area contributed by atoms with Crippen molar-refractivity contribution < 1.29 is 4.92 Å². The van der Waals surface area contributed by atoms with Gasteiger partial charge in [0.15, 0.2) is 0 Å². The molecule has 0 spiro atoms. The van der Waals surface area contributed by atoms with Gasteiger partial charge in [-0.3, -0.25) is 10.1 Å². The van der Waals surface area contributed by atoms with E-state index in [0.717, 1.165) is 10.5 Å². The zero-order valence-electron chi connectivity index (χ0n) is 10.3. The fourth-order valence-electron chi connectivity index (χ4n) is 1.73. The highest BCUT2D eigenvalue weighted by molar-refractivity contribution is 7.99. The number of nitrogens with two attached hydrogens (primary N) is 1. The molecule has 0 atom stereocenters. The van der Waals surface area contributed by atoms with Gasteiger partial charge >= 0.3 is 0 Å². The second-order valence-corrected chi connectivity index (χ2v) is 5.13. The highest BCUT2D eigenvalue weighted by Crippen LogP contribution is 2.35. The van der Waals surface area contributed by atoms with Crippen molar-refractivity contribution in [3.63, 3.8) is 0 Å². The minimum atomic E-state index is -0.342. The second kappa shape index (κ2) is 6.36. The number of rotatable bonds is 5. The second-order valence-electron chi connectivity index (χ2n) is 4.01. The van der Waals surface area contributed by atoms with Crippen LogP contribution in [0.15, 0.2) is 58.3 Å². The van der Waals surface area contributed by atoms with E-state index in [1.807, 2.05) is 36.4 Å². The van der Waals surface area contributed by atoms with Crippen molar-refractivity contribution in [3.8, 4) is 0 Å². The summed E-state index contributed by atoms with van der Waals surface area (Å²) >= 11 is 1.40. The van der Waals surface area contributed by atoms with Crippen molar-refractivity contribution in [1.82, 2.24) is 0 Å². The van der Waals surface area contributed by atoms with Gasteiger partial charge in [0, 0.05) is 11.0 Å². The topological polar surface area (TPSA) is 69.2 Å². The maximum absolute atomic E-state index is 11.1. The van der Waals surface area contributed by atoms with Crippen molar-refractivity contribution in [2.45, 2.75) is 16.2 Å². The predicted octanol–water partition coefficient (Wildman–Crippen LogP) is 3.25. The molecule has 0 aliphatic heterocycles. The summed E-state index contributed by atoms with van der Waals surface area (Å²) in [7, 11) is 0. The molecule has 0 amide bonds. The van der Waals surface area contributed by atoms with Crippen LogP contribution in [0, 0.1) is 10.1 Å². The third-order valence-corrected chi connectivity index (χ3v) is 3.70. The number of hydrogen-bond acceptors (Lipinski definition) is 4. The average molecular weight is 274 g/mol. The van der Waals surface area contributed by atoms with Crippen molar-refractivity contribution in [2.75, 3.05) is 6.54 Å². The van der Waals surface area contributed by atoms with Gasteiger partial charge in [-0.05, 0) is 36.7 Å². The van der Waals surface area contributed by atoms with E-state index in [1.54, 1.807) is 12.1 Å². The fourth-order valence-corrected chi connectivity index (χ4v) is 2.65. The molecule has 0 saturated heterocycles. The summed E-state index contributed by atoms with van der Waals surface area (Å²) in [6, 6.07) is 14.9. The highest BCUT2D eigenvalue weighted by Gasteiger charge is 2.15. The molecule has 0 unspecified atom stereocenters. The summed E-state index contributed by atoms with van der Waals surface area (Å²) in [6.45, 7) is 0.488. The Balaban J connectivity index is 2.32. The first-order valence-corrected chi connectivity index (χ1v) is 6.72. The van der Waals surface area contributed by atoms with Crippen molar-refractivity contribution >= 4 is 17.4 Å². The third kappa shape index (κ3) is 3.56. The average Bonchev–Trinajstić information content (AvgIpc) is 2.42. The molecule has 5 heteroatoms. The third-order valence-electron chi connectivity index (χ3n) is 2.62. The Labute approximate surface area is 115 Å². The molecule has 2 aromatic rings. The smallest absolute Gasteiger partial charge is 0.283 e. The fraction of sp³-hybridized carbons (Fsp3) is 0.143. The molecule has 2 N–H and O–H groups in total. The summed E-state index contributed by atoms with van der Waals surface area (Å²) in [5, 5.41) is 11.1. The van der Waals surface area contributed by atoms with Gasteiger partial charge in [-0.25, -0.2) is 0 Å². The monoisotopic (exact) mass is 274 g/mol. The lowest BCUT2D eigenvalue weighted by Crippen LogP contribution is -2.03. The highest BCUT2D eigenvalue weighted by atomic mass is 32.2. The summed E-state index contributed by atoms with van der Waals surface area (Å²) in [4.78, 5) is 12.4. The molecule has 4 nitrogen and oxygen atoms in total. The number of nitro groups is 1. The summed E-state index contributed by atoms with van der Waals surface area (Å²) in [6.07, 6.45) is 0.650. The molecule has 0 fully saturated rings. The van der Waals surface area contributed by atoms with Crippen LogP contribution >= 0.6 is 11.8 Å². The van der Waals surface area contributed by atoms with E-state index in [-0.39, 0.29) is 10.6 Å². The van der Waals surface area contributed by atoms with Gasteiger partial charge in [0.25, 0.3) is 5.69 Å². The molecule has 19 heavy (non-hydrogen) atoms. The quantitative estimate of drug-likeness (QED) is 0.671.